The molecule has 0 amide bonds. The average molecular weight is 244 g/mol. The number of nitrogens with one attached hydrogen (secondary N) is 1. The highest BCUT2D eigenvalue weighted by molar-refractivity contribution is 8.93. The number of benzene rings is 1. The number of rotatable bonds is 1. The lowest BCUT2D eigenvalue weighted by Gasteiger charge is -2.24. The Labute approximate surface area is 88.7 Å². The monoisotopic (exact) mass is 243 g/mol. The van der Waals surface area contributed by atoms with Gasteiger partial charge in [0.25, 0.3) is 0 Å². The summed E-state index contributed by atoms with van der Waals surface area (Å²) in [6, 6.07) is 8.63. The second kappa shape index (κ2) is 4.74. The fourth-order valence-electron chi connectivity index (χ4n) is 1.65. The summed E-state index contributed by atoms with van der Waals surface area (Å²) in [5.41, 5.74) is 2.73. The van der Waals surface area contributed by atoms with E-state index in [-0.39, 0.29) is 29.6 Å². The van der Waals surface area contributed by atoms with E-state index in [2.05, 4.69) is 29.6 Å². The van der Waals surface area contributed by atoms with Gasteiger partial charge >= 0.3 is 0 Å². The summed E-state index contributed by atoms with van der Waals surface area (Å²) in [4.78, 5) is 0. The van der Waals surface area contributed by atoms with E-state index in [1.807, 2.05) is 0 Å². The molecule has 1 aromatic rings. The van der Waals surface area contributed by atoms with Crippen molar-refractivity contribution in [3.05, 3.63) is 35.4 Å². The van der Waals surface area contributed by atoms with Gasteiger partial charge in [0.05, 0.1) is 6.61 Å². The van der Waals surface area contributed by atoms with E-state index in [1.54, 1.807) is 0 Å². The lowest BCUT2D eigenvalue weighted by molar-refractivity contribution is 0.236. The number of hydrogen-bond acceptors (Lipinski definition) is 2. The maximum Gasteiger partial charge on any atom is 0.0587 e. The van der Waals surface area contributed by atoms with E-state index in [1.165, 1.54) is 11.1 Å². The summed E-state index contributed by atoms with van der Waals surface area (Å²) < 4.78 is 0. The van der Waals surface area contributed by atoms with E-state index in [0.29, 0.717) is 0 Å². The molecule has 0 saturated heterocycles. The largest absolute Gasteiger partial charge is 0.395 e. The van der Waals surface area contributed by atoms with Crippen molar-refractivity contribution < 1.29 is 5.11 Å². The lowest BCUT2D eigenvalue weighted by atomic mass is 9.96. The van der Waals surface area contributed by atoms with Gasteiger partial charge < -0.3 is 10.4 Å². The molecule has 2 rings (SSSR count). The highest BCUT2D eigenvalue weighted by atomic mass is 79.9. The molecule has 0 aliphatic carbocycles. The molecule has 1 atom stereocenters. The van der Waals surface area contributed by atoms with Crippen LogP contribution in [-0.2, 0) is 13.0 Å². The van der Waals surface area contributed by atoms with Gasteiger partial charge in [-0.05, 0) is 17.5 Å². The molecule has 72 valence electrons. The van der Waals surface area contributed by atoms with Crippen molar-refractivity contribution in [1.82, 2.24) is 5.32 Å². The highest BCUT2D eigenvalue weighted by Crippen LogP contribution is 2.15. The van der Waals surface area contributed by atoms with Crippen molar-refractivity contribution in [2.24, 2.45) is 0 Å². The van der Waals surface area contributed by atoms with Crippen molar-refractivity contribution in [2.45, 2.75) is 19.0 Å². The Balaban J connectivity index is 0.000000845. The second-order valence-electron chi connectivity index (χ2n) is 3.23. The van der Waals surface area contributed by atoms with Crippen LogP contribution >= 0.6 is 17.0 Å². The third-order valence-corrected chi connectivity index (χ3v) is 2.39. The van der Waals surface area contributed by atoms with Crippen LogP contribution in [0, 0.1) is 0 Å². The summed E-state index contributed by atoms with van der Waals surface area (Å²) in [5.74, 6) is 0. The molecule has 1 heterocycles. The molecule has 0 radical (unpaired) electrons. The third-order valence-electron chi connectivity index (χ3n) is 2.39. The number of aliphatic hydroxyl groups is 1. The maximum absolute atomic E-state index is 8.95. The summed E-state index contributed by atoms with van der Waals surface area (Å²) >= 11 is 0. The van der Waals surface area contributed by atoms with Crippen molar-refractivity contribution in [3.8, 4) is 0 Å². The van der Waals surface area contributed by atoms with Gasteiger partial charge in [0, 0.05) is 12.6 Å². The molecule has 1 aliphatic rings. The smallest absolute Gasteiger partial charge is 0.0587 e. The summed E-state index contributed by atoms with van der Waals surface area (Å²) in [6.07, 6.45) is 0.951. The number of fused-ring (bicyclic) bond motifs is 1. The van der Waals surface area contributed by atoms with Crippen LogP contribution in [0.3, 0.4) is 0 Å². The van der Waals surface area contributed by atoms with Gasteiger partial charge in [-0.2, -0.15) is 0 Å². The lowest BCUT2D eigenvalue weighted by Crippen LogP contribution is -2.38. The van der Waals surface area contributed by atoms with Crippen LogP contribution < -0.4 is 5.32 Å². The minimum absolute atomic E-state index is 0. The zero-order valence-corrected chi connectivity index (χ0v) is 9.08. The normalized spacial score (nSPS) is 20.2. The van der Waals surface area contributed by atoms with E-state index < -0.39 is 0 Å². The van der Waals surface area contributed by atoms with Gasteiger partial charge in [-0.25, -0.2) is 0 Å². The first kappa shape index (κ1) is 10.7. The molecule has 0 fully saturated rings. The summed E-state index contributed by atoms with van der Waals surface area (Å²) in [5, 5.41) is 12.2. The predicted octanol–water partition coefficient (Wildman–Crippen LogP) is 1.27. The topological polar surface area (TPSA) is 32.3 Å². The Bertz CT molecular complexity index is 277. The second-order valence-corrected chi connectivity index (χ2v) is 3.23. The SMILES string of the molecule is Br.OCC1Cc2ccccc2CN1. The van der Waals surface area contributed by atoms with Gasteiger partial charge in [-0.1, -0.05) is 24.3 Å². The quantitative estimate of drug-likeness (QED) is 0.779. The maximum atomic E-state index is 8.95. The van der Waals surface area contributed by atoms with Gasteiger partial charge in [-0.15, -0.1) is 17.0 Å². The zero-order valence-electron chi connectivity index (χ0n) is 7.36. The molecule has 2 N–H and O–H groups in total. The van der Waals surface area contributed by atoms with Crippen LogP contribution in [0.5, 0.6) is 0 Å². The molecular weight excluding hydrogens is 230 g/mol. The first-order valence-electron chi connectivity index (χ1n) is 4.31. The average Bonchev–Trinajstić information content (AvgIpc) is 2.17. The molecule has 1 aliphatic heterocycles. The van der Waals surface area contributed by atoms with Crippen LogP contribution in [-0.4, -0.2) is 17.8 Å². The number of hydrogen-bond donors (Lipinski definition) is 2. The zero-order chi connectivity index (χ0) is 8.39. The fraction of sp³-hybridized carbons (Fsp3) is 0.400. The highest BCUT2D eigenvalue weighted by Gasteiger charge is 2.15. The predicted molar refractivity (Wildman–Crippen MR) is 58.2 cm³/mol. The number of halogens is 1. The van der Waals surface area contributed by atoms with Crippen LogP contribution in [0.1, 0.15) is 11.1 Å². The van der Waals surface area contributed by atoms with Crippen molar-refractivity contribution in [1.29, 1.82) is 0 Å². The standard InChI is InChI=1S/C10H13NO.BrH/c12-7-10-5-8-3-1-2-4-9(8)6-11-10;/h1-4,10-12H,5-7H2;1H. The first-order valence-corrected chi connectivity index (χ1v) is 4.31. The van der Waals surface area contributed by atoms with Crippen molar-refractivity contribution in [3.63, 3.8) is 0 Å². The molecule has 3 heteroatoms. The van der Waals surface area contributed by atoms with E-state index in [4.69, 9.17) is 5.11 Å². The summed E-state index contributed by atoms with van der Waals surface area (Å²) in [7, 11) is 0. The van der Waals surface area contributed by atoms with Gasteiger partial charge in [-0.3, -0.25) is 0 Å². The van der Waals surface area contributed by atoms with Gasteiger partial charge in [0.1, 0.15) is 0 Å². The Morgan fingerprint density at radius 3 is 2.69 bits per heavy atom. The Morgan fingerprint density at radius 1 is 1.31 bits per heavy atom. The van der Waals surface area contributed by atoms with Gasteiger partial charge in [0.15, 0.2) is 0 Å². The third kappa shape index (κ3) is 2.30. The molecule has 0 aromatic heterocycles. The van der Waals surface area contributed by atoms with E-state index in [0.717, 1.165) is 13.0 Å². The molecule has 0 saturated carbocycles. The van der Waals surface area contributed by atoms with Crippen LogP contribution in [0.15, 0.2) is 24.3 Å². The van der Waals surface area contributed by atoms with Crippen LogP contribution in [0.2, 0.25) is 0 Å². The first-order chi connectivity index (χ1) is 5.90. The molecule has 13 heavy (non-hydrogen) atoms. The minimum atomic E-state index is 0. The van der Waals surface area contributed by atoms with Crippen LogP contribution in [0.4, 0.5) is 0 Å². The Morgan fingerprint density at radius 2 is 2.00 bits per heavy atom. The fourth-order valence-corrected chi connectivity index (χ4v) is 1.65. The molecule has 2 nitrogen and oxygen atoms in total. The molecular formula is C10H14BrNO. The summed E-state index contributed by atoms with van der Waals surface area (Å²) in [6.45, 7) is 1.12. The molecule has 1 unspecified atom stereocenters. The molecule has 0 spiro atoms. The van der Waals surface area contributed by atoms with E-state index >= 15 is 0 Å². The number of aliphatic hydroxyl groups excluding tert-OH is 1. The molecule has 1 aromatic carbocycles. The minimum Gasteiger partial charge on any atom is -0.395 e. The van der Waals surface area contributed by atoms with E-state index in [9.17, 15) is 0 Å². The Hall–Kier alpha value is -0.380. The van der Waals surface area contributed by atoms with Crippen molar-refractivity contribution >= 4 is 17.0 Å². The van der Waals surface area contributed by atoms with Crippen molar-refractivity contribution in [2.75, 3.05) is 6.61 Å². The Kier molecular flexibility index (Phi) is 3.90. The molecule has 0 bridgehead atoms. The van der Waals surface area contributed by atoms with Crippen LogP contribution in [0.25, 0.3) is 0 Å². The van der Waals surface area contributed by atoms with Gasteiger partial charge in [0.2, 0.25) is 0 Å².